The number of aliphatic imine (C=N–C) groups is 1. The second-order valence-electron chi connectivity index (χ2n) is 4.91. The zero-order chi connectivity index (χ0) is 15.6. The number of nitrogens with two attached hydrogens (primary N) is 1. The van der Waals surface area contributed by atoms with Crippen molar-refractivity contribution < 1.29 is 9.90 Å². The van der Waals surface area contributed by atoms with Gasteiger partial charge in [0.2, 0.25) is 0 Å². The largest absolute Gasteiger partial charge is 0.477 e. The van der Waals surface area contributed by atoms with Crippen molar-refractivity contribution in [2.24, 2.45) is 17.8 Å². The molecule has 0 amide bonds. The zero-order valence-corrected chi connectivity index (χ0v) is 13.3. The van der Waals surface area contributed by atoms with E-state index in [9.17, 15) is 9.90 Å². The molecule has 1 aromatic rings. The Bertz CT molecular complexity index is 619. The fraction of sp³-hybridized carbons (Fsp3) is 0.429. The van der Waals surface area contributed by atoms with Crippen LogP contribution in [0.15, 0.2) is 27.7 Å². The molecule has 0 saturated carbocycles. The van der Waals surface area contributed by atoms with Gasteiger partial charge in [0.05, 0.1) is 0 Å². The molecule has 0 aliphatic carbocycles. The molecular formula is C14H20N4O2S. The molecule has 114 valence electrons. The first kappa shape index (κ1) is 15.7. The molecular weight excluding hydrogens is 288 g/mol. The number of piperidine rings is 1. The Labute approximate surface area is 128 Å². The van der Waals surface area contributed by atoms with Crippen LogP contribution in [-0.2, 0) is 7.05 Å². The Morgan fingerprint density at radius 3 is 2.81 bits per heavy atom. The summed E-state index contributed by atoms with van der Waals surface area (Å²) >= 11 is 1.57. The van der Waals surface area contributed by atoms with Gasteiger partial charge >= 0.3 is 5.97 Å². The smallest absolute Gasteiger partial charge is 0.352 e. The molecule has 1 saturated heterocycles. The number of hydrogen-bond donors (Lipinski definition) is 2. The van der Waals surface area contributed by atoms with E-state index in [1.54, 1.807) is 42.9 Å². The van der Waals surface area contributed by atoms with E-state index < -0.39 is 5.97 Å². The third-order valence-corrected chi connectivity index (χ3v) is 4.90. The van der Waals surface area contributed by atoms with Crippen molar-refractivity contribution in [2.45, 2.75) is 18.2 Å². The van der Waals surface area contributed by atoms with Crippen molar-refractivity contribution in [3.8, 4) is 0 Å². The quantitative estimate of drug-likeness (QED) is 0.830. The Hall–Kier alpha value is -1.73. The predicted molar refractivity (Wildman–Crippen MR) is 84.8 cm³/mol. The maximum atomic E-state index is 11.2. The van der Waals surface area contributed by atoms with Crippen LogP contribution in [0, 0.1) is 6.92 Å². The molecule has 1 aromatic heterocycles. The number of aromatic nitrogens is 1. The van der Waals surface area contributed by atoms with Gasteiger partial charge in [-0.25, -0.2) is 9.10 Å². The van der Waals surface area contributed by atoms with Crippen LogP contribution in [0.25, 0.3) is 0 Å². The molecule has 0 spiro atoms. The highest BCUT2D eigenvalue weighted by atomic mass is 32.2. The van der Waals surface area contributed by atoms with Crippen LogP contribution < -0.4 is 5.73 Å². The van der Waals surface area contributed by atoms with E-state index in [4.69, 9.17) is 5.73 Å². The minimum absolute atomic E-state index is 0.303. The molecule has 1 aliphatic rings. The summed E-state index contributed by atoms with van der Waals surface area (Å²) in [4.78, 5) is 16.4. The van der Waals surface area contributed by atoms with E-state index in [1.807, 2.05) is 6.92 Å². The van der Waals surface area contributed by atoms with Gasteiger partial charge in [0.1, 0.15) is 5.69 Å². The van der Waals surface area contributed by atoms with Gasteiger partial charge in [-0.3, -0.25) is 4.99 Å². The standard InChI is InChI=1S/C14H20N4O2S/c1-9-13(6-12(14(19)20)17(9)3)21-18-5-4-11(16-2)10(7-15)8-18/h6-7H,4-5,8,15H2,1-3H3,(H,19,20)/b10-7-,16-11?. The van der Waals surface area contributed by atoms with Crippen molar-refractivity contribution in [3.05, 3.63) is 29.2 Å². The Kier molecular flexibility index (Phi) is 4.74. The van der Waals surface area contributed by atoms with Gasteiger partial charge in [0.25, 0.3) is 0 Å². The van der Waals surface area contributed by atoms with Crippen LogP contribution in [0.2, 0.25) is 0 Å². The van der Waals surface area contributed by atoms with Gasteiger partial charge in [-0.2, -0.15) is 0 Å². The molecule has 0 unspecified atom stereocenters. The molecule has 21 heavy (non-hydrogen) atoms. The third kappa shape index (κ3) is 3.14. The minimum atomic E-state index is -0.908. The van der Waals surface area contributed by atoms with E-state index in [-0.39, 0.29) is 0 Å². The topological polar surface area (TPSA) is 83.9 Å². The van der Waals surface area contributed by atoms with E-state index in [0.29, 0.717) is 12.2 Å². The van der Waals surface area contributed by atoms with E-state index in [1.165, 1.54) is 0 Å². The summed E-state index contributed by atoms with van der Waals surface area (Å²) in [6.07, 6.45) is 2.46. The Balaban J connectivity index is 2.17. The summed E-state index contributed by atoms with van der Waals surface area (Å²) in [6.45, 7) is 3.51. The fourth-order valence-electron chi connectivity index (χ4n) is 2.34. The van der Waals surface area contributed by atoms with Crippen molar-refractivity contribution in [3.63, 3.8) is 0 Å². The summed E-state index contributed by atoms with van der Waals surface area (Å²) in [7, 11) is 3.55. The van der Waals surface area contributed by atoms with Gasteiger partial charge in [0, 0.05) is 61.7 Å². The lowest BCUT2D eigenvalue weighted by atomic mass is 10.1. The number of aromatic carboxylic acids is 1. The molecule has 0 aromatic carbocycles. The number of carbonyl (C=O) groups is 1. The summed E-state index contributed by atoms with van der Waals surface area (Å²) < 4.78 is 3.88. The van der Waals surface area contributed by atoms with Crippen molar-refractivity contribution in [1.29, 1.82) is 0 Å². The highest BCUT2D eigenvalue weighted by Gasteiger charge is 2.22. The first-order valence-electron chi connectivity index (χ1n) is 6.67. The van der Waals surface area contributed by atoms with Gasteiger partial charge < -0.3 is 15.4 Å². The normalized spacial score (nSPS) is 20.3. The van der Waals surface area contributed by atoms with Crippen LogP contribution in [0.5, 0.6) is 0 Å². The van der Waals surface area contributed by atoms with Crippen LogP contribution in [0.1, 0.15) is 22.6 Å². The second kappa shape index (κ2) is 6.36. The van der Waals surface area contributed by atoms with Gasteiger partial charge in [-0.1, -0.05) is 0 Å². The first-order valence-corrected chi connectivity index (χ1v) is 7.44. The van der Waals surface area contributed by atoms with E-state index in [0.717, 1.165) is 34.8 Å². The zero-order valence-electron chi connectivity index (χ0n) is 12.5. The van der Waals surface area contributed by atoms with Crippen molar-refractivity contribution in [2.75, 3.05) is 20.1 Å². The molecule has 0 radical (unpaired) electrons. The monoisotopic (exact) mass is 308 g/mol. The number of rotatable bonds is 3. The Morgan fingerprint density at radius 1 is 1.57 bits per heavy atom. The SMILES string of the molecule is CN=C1CCN(Sc2cc(C(=O)O)n(C)c2C)C/C1=C/N. The van der Waals surface area contributed by atoms with Crippen LogP contribution in [-0.4, -0.2) is 45.8 Å². The fourth-order valence-corrected chi connectivity index (χ4v) is 3.44. The molecule has 1 fully saturated rings. The van der Waals surface area contributed by atoms with E-state index >= 15 is 0 Å². The maximum Gasteiger partial charge on any atom is 0.352 e. The van der Waals surface area contributed by atoms with Crippen molar-refractivity contribution >= 4 is 23.6 Å². The summed E-state index contributed by atoms with van der Waals surface area (Å²) in [5, 5.41) is 9.17. The molecule has 3 N–H and O–H groups in total. The molecule has 0 bridgehead atoms. The minimum Gasteiger partial charge on any atom is -0.477 e. The van der Waals surface area contributed by atoms with Gasteiger partial charge in [-0.15, -0.1) is 0 Å². The summed E-state index contributed by atoms with van der Waals surface area (Å²) in [5.41, 5.74) is 8.99. The average molecular weight is 308 g/mol. The molecule has 2 rings (SSSR count). The predicted octanol–water partition coefficient (Wildman–Crippen LogP) is 1.66. The van der Waals surface area contributed by atoms with Crippen molar-refractivity contribution in [1.82, 2.24) is 8.87 Å². The highest BCUT2D eigenvalue weighted by Crippen LogP contribution is 2.31. The number of carboxylic acids is 1. The lowest BCUT2D eigenvalue weighted by Crippen LogP contribution is -2.31. The van der Waals surface area contributed by atoms with Crippen LogP contribution >= 0.6 is 11.9 Å². The third-order valence-electron chi connectivity index (χ3n) is 3.72. The van der Waals surface area contributed by atoms with Crippen LogP contribution in [0.3, 0.4) is 0 Å². The van der Waals surface area contributed by atoms with Gasteiger partial charge in [0.15, 0.2) is 0 Å². The van der Waals surface area contributed by atoms with E-state index in [2.05, 4.69) is 9.30 Å². The number of hydrogen-bond acceptors (Lipinski definition) is 5. The van der Waals surface area contributed by atoms with Gasteiger partial charge in [-0.05, 0) is 24.9 Å². The highest BCUT2D eigenvalue weighted by molar-refractivity contribution is 7.97. The molecule has 1 aliphatic heterocycles. The lowest BCUT2D eigenvalue weighted by molar-refractivity contribution is 0.0686. The molecule has 0 atom stereocenters. The summed E-state index contributed by atoms with van der Waals surface area (Å²) in [6, 6.07) is 1.72. The number of carboxylic acid groups (broad SMARTS) is 1. The molecule has 7 heteroatoms. The molecule has 2 heterocycles. The number of nitrogens with zero attached hydrogens (tertiary/aromatic N) is 3. The average Bonchev–Trinajstić information content (AvgIpc) is 2.75. The Morgan fingerprint density at radius 2 is 2.29 bits per heavy atom. The summed E-state index contributed by atoms with van der Waals surface area (Å²) in [5.74, 6) is -0.908. The maximum absolute atomic E-state index is 11.2. The molecule has 6 nitrogen and oxygen atoms in total. The van der Waals surface area contributed by atoms with Crippen LogP contribution in [0.4, 0.5) is 0 Å². The lowest BCUT2D eigenvalue weighted by Gasteiger charge is -2.28. The first-order chi connectivity index (χ1) is 9.97. The second-order valence-corrected chi connectivity index (χ2v) is 6.05.